The number of benzene rings is 2. The van der Waals surface area contributed by atoms with Crippen molar-refractivity contribution in [1.82, 2.24) is 14.5 Å². The number of aromatic nitrogens is 2. The fraction of sp³-hybridized carbons (Fsp3) is 0.286. The van der Waals surface area contributed by atoms with E-state index in [0.29, 0.717) is 29.6 Å². The maximum atomic E-state index is 12.8. The van der Waals surface area contributed by atoms with Crippen LogP contribution in [0.25, 0.3) is 11.0 Å². The van der Waals surface area contributed by atoms with E-state index in [2.05, 4.69) is 10.3 Å². The minimum absolute atomic E-state index is 0.0299. The number of methoxy groups -OCH3 is 1. The molecule has 4 rings (SSSR count). The second-order valence-corrected chi connectivity index (χ2v) is 7.58. The minimum atomic E-state index is -0.413. The van der Waals surface area contributed by atoms with E-state index in [9.17, 15) is 9.59 Å². The lowest BCUT2D eigenvalue weighted by Gasteiger charge is -2.17. The van der Waals surface area contributed by atoms with Gasteiger partial charge in [-0.15, -0.1) is 0 Å². The summed E-state index contributed by atoms with van der Waals surface area (Å²) < 4.78 is 6.96. The normalized spacial score (nSPS) is 16.4. The second-order valence-electron chi connectivity index (χ2n) is 7.14. The molecule has 1 aliphatic heterocycles. The van der Waals surface area contributed by atoms with Crippen molar-refractivity contribution in [2.24, 2.45) is 13.0 Å². The number of halogens is 1. The van der Waals surface area contributed by atoms with E-state index in [0.717, 1.165) is 16.8 Å². The van der Waals surface area contributed by atoms with Crippen LogP contribution in [0.4, 0.5) is 5.95 Å². The van der Waals surface area contributed by atoms with Gasteiger partial charge in [0.1, 0.15) is 5.75 Å². The number of amides is 2. The van der Waals surface area contributed by atoms with Crippen molar-refractivity contribution >= 4 is 40.4 Å². The van der Waals surface area contributed by atoms with Crippen molar-refractivity contribution in [2.45, 2.75) is 13.0 Å². The first-order valence-corrected chi connectivity index (χ1v) is 9.66. The van der Waals surface area contributed by atoms with Gasteiger partial charge in [0.05, 0.1) is 24.1 Å². The molecule has 2 aromatic carbocycles. The molecular formula is C21H21ClN4O3. The molecule has 1 fully saturated rings. The molecule has 2 amide bonds. The summed E-state index contributed by atoms with van der Waals surface area (Å²) in [5.41, 5.74) is 2.57. The molecule has 1 saturated heterocycles. The third-order valence-electron chi connectivity index (χ3n) is 5.20. The number of anilines is 1. The maximum Gasteiger partial charge on any atom is 0.232 e. The molecule has 3 aromatic rings. The van der Waals surface area contributed by atoms with Crippen molar-refractivity contribution in [3.05, 3.63) is 53.1 Å². The van der Waals surface area contributed by atoms with E-state index in [1.165, 1.54) is 0 Å². The van der Waals surface area contributed by atoms with E-state index < -0.39 is 5.92 Å². The molecule has 1 aliphatic rings. The number of nitrogens with zero attached hydrogens (tertiary/aromatic N) is 3. The van der Waals surface area contributed by atoms with Gasteiger partial charge < -0.3 is 14.2 Å². The van der Waals surface area contributed by atoms with Crippen molar-refractivity contribution in [3.8, 4) is 5.75 Å². The third-order valence-corrected chi connectivity index (χ3v) is 5.43. The Hall–Kier alpha value is -3.06. The van der Waals surface area contributed by atoms with E-state index in [4.69, 9.17) is 16.3 Å². The summed E-state index contributed by atoms with van der Waals surface area (Å²) in [5.74, 6) is 0.554. The molecule has 0 aliphatic carbocycles. The van der Waals surface area contributed by atoms with Crippen LogP contribution >= 0.6 is 11.6 Å². The Morgan fingerprint density at radius 3 is 2.76 bits per heavy atom. The topological polar surface area (TPSA) is 76.5 Å². The van der Waals surface area contributed by atoms with Crippen LogP contribution in [0.5, 0.6) is 5.75 Å². The molecule has 1 atom stereocenters. The first kappa shape index (κ1) is 19.3. The highest BCUT2D eigenvalue weighted by molar-refractivity contribution is 6.31. The Bertz CT molecular complexity index is 1080. The van der Waals surface area contributed by atoms with Crippen LogP contribution in [0.15, 0.2) is 42.5 Å². The van der Waals surface area contributed by atoms with Gasteiger partial charge in [-0.2, -0.15) is 0 Å². The summed E-state index contributed by atoms with van der Waals surface area (Å²) in [7, 11) is 3.44. The van der Waals surface area contributed by atoms with E-state index in [1.54, 1.807) is 28.7 Å². The van der Waals surface area contributed by atoms with Gasteiger partial charge in [0, 0.05) is 31.6 Å². The first-order chi connectivity index (χ1) is 13.9. The Balaban J connectivity index is 1.43. The van der Waals surface area contributed by atoms with Gasteiger partial charge in [0.2, 0.25) is 17.8 Å². The molecule has 8 heteroatoms. The lowest BCUT2D eigenvalue weighted by Crippen LogP contribution is -2.28. The number of carbonyl (C=O) groups excluding carboxylic acids is 2. The van der Waals surface area contributed by atoms with E-state index in [-0.39, 0.29) is 18.2 Å². The average molecular weight is 413 g/mol. The lowest BCUT2D eigenvalue weighted by molar-refractivity contribution is -0.128. The second kappa shape index (κ2) is 7.75. The molecule has 2 heterocycles. The van der Waals surface area contributed by atoms with Crippen LogP contribution in [-0.4, -0.2) is 39.9 Å². The summed E-state index contributed by atoms with van der Waals surface area (Å²) >= 11 is 6.02. The Labute approximate surface area is 173 Å². The number of hydrogen-bond donors (Lipinski definition) is 1. The maximum absolute atomic E-state index is 12.8. The zero-order valence-corrected chi connectivity index (χ0v) is 16.9. The zero-order chi connectivity index (χ0) is 20.5. The van der Waals surface area contributed by atoms with Gasteiger partial charge in [-0.05, 0) is 35.9 Å². The number of carbonyl (C=O) groups is 2. The molecule has 0 radical (unpaired) electrons. The van der Waals surface area contributed by atoms with Gasteiger partial charge in [-0.3, -0.25) is 14.9 Å². The molecule has 29 heavy (non-hydrogen) atoms. The number of imidazole rings is 1. The number of nitrogens with one attached hydrogen (secondary N) is 1. The molecule has 1 unspecified atom stereocenters. The van der Waals surface area contributed by atoms with Gasteiger partial charge in [-0.25, -0.2) is 4.98 Å². The largest absolute Gasteiger partial charge is 0.497 e. The van der Waals surface area contributed by atoms with Crippen molar-refractivity contribution in [3.63, 3.8) is 0 Å². The highest BCUT2D eigenvalue weighted by Crippen LogP contribution is 2.25. The Morgan fingerprint density at radius 2 is 2.03 bits per heavy atom. The van der Waals surface area contributed by atoms with Gasteiger partial charge >= 0.3 is 0 Å². The van der Waals surface area contributed by atoms with Crippen molar-refractivity contribution in [2.75, 3.05) is 19.0 Å². The van der Waals surface area contributed by atoms with Crippen LogP contribution in [0.1, 0.15) is 12.0 Å². The van der Waals surface area contributed by atoms with Crippen LogP contribution in [-0.2, 0) is 23.2 Å². The standard InChI is InChI=1S/C21H21ClN4O3/c1-25-18-8-5-15(22)10-17(18)23-21(25)24-20(28)14-9-19(27)26(12-14)11-13-3-6-16(29-2)7-4-13/h3-8,10,14H,9,11-12H2,1-2H3,(H,23,24,28). The van der Waals surface area contributed by atoms with Gasteiger partial charge in [-0.1, -0.05) is 23.7 Å². The number of hydrogen-bond acceptors (Lipinski definition) is 4. The number of rotatable bonds is 5. The molecule has 0 saturated carbocycles. The highest BCUT2D eigenvalue weighted by Gasteiger charge is 2.34. The molecular weight excluding hydrogens is 392 g/mol. The summed E-state index contributed by atoms with van der Waals surface area (Å²) in [5, 5.41) is 3.44. The predicted octanol–water partition coefficient (Wildman–Crippen LogP) is 3.22. The SMILES string of the molecule is COc1ccc(CN2CC(C(=O)Nc3nc4cc(Cl)ccc4n3C)CC2=O)cc1. The average Bonchev–Trinajstić information content (AvgIpc) is 3.22. The molecule has 7 nitrogen and oxygen atoms in total. The van der Waals surface area contributed by atoms with Gasteiger partial charge in [0.15, 0.2) is 0 Å². The molecule has 1 aromatic heterocycles. The zero-order valence-electron chi connectivity index (χ0n) is 16.2. The minimum Gasteiger partial charge on any atom is -0.497 e. The summed E-state index contributed by atoms with van der Waals surface area (Å²) in [6.07, 6.45) is 0.192. The Morgan fingerprint density at radius 1 is 1.28 bits per heavy atom. The predicted molar refractivity (Wildman–Crippen MR) is 111 cm³/mol. The quantitative estimate of drug-likeness (QED) is 0.698. The van der Waals surface area contributed by atoms with Crippen LogP contribution in [0, 0.1) is 5.92 Å². The summed E-state index contributed by atoms with van der Waals surface area (Å²) in [6.45, 7) is 0.851. The van der Waals surface area contributed by atoms with Crippen molar-refractivity contribution in [1.29, 1.82) is 0 Å². The molecule has 150 valence electrons. The lowest BCUT2D eigenvalue weighted by atomic mass is 10.1. The number of fused-ring (bicyclic) bond motifs is 1. The van der Waals surface area contributed by atoms with Crippen molar-refractivity contribution < 1.29 is 14.3 Å². The summed E-state index contributed by atoms with van der Waals surface area (Å²) in [4.78, 5) is 31.3. The highest BCUT2D eigenvalue weighted by atomic mass is 35.5. The third kappa shape index (κ3) is 3.91. The Kier molecular flexibility index (Phi) is 5.15. The fourth-order valence-corrected chi connectivity index (χ4v) is 3.72. The van der Waals surface area contributed by atoms with Crippen LogP contribution < -0.4 is 10.1 Å². The summed E-state index contributed by atoms with van der Waals surface area (Å²) in [6, 6.07) is 13.0. The number of aryl methyl sites for hydroxylation is 1. The molecule has 0 spiro atoms. The van der Waals surface area contributed by atoms with E-state index >= 15 is 0 Å². The molecule has 1 N–H and O–H groups in total. The van der Waals surface area contributed by atoms with Gasteiger partial charge in [0.25, 0.3) is 0 Å². The number of likely N-dealkylation sites (tertiary alicyclic amines) is 1. The first-order valence-electron chi connectivity index (χ1n) is 9.28. The van der Waals surface area contributed by atoms with Crippen LogP contribution in [0.2, 0.25) is 5.02 Å². The fourth-order valence-electron chi connectivity index (χ4n) is 3.55. The van der Waals surface area contributed by atoms with E-state index in [1.807, 2.05) is 37.4 Å². The molecule has 0 bridgehead atoms. The monoisotopic (exact) mass is 412 g/mol. The number of ether oxygens (including phenoxy) is 1. The smallest absolute Gasteiger partial charge is 0.232 e. The van der Waals surface area contributed by atoms with Crippen LogP contribution in [0.3, 0.4) is 0 Å².